The van der Waals surface area contributed by atoms with Crippen LogP contribution in [0.15, 0.2) is 42.0 Å². The normalized spacial score (nSPS) is 29.2. The van der Waals surface area contributed by atoms with Crippen LogP contribution < -0.4 is 5.32 Å². The van der Waals surface area contributed by atoms with Crippen molar-refractivity contribution in [3.63, 3.8) is 0 Å². The van der Waals surface area contributed by atoms with E-state index in [1.807, 2.05) is 30.3 Å². The van der Waals surface area contributed by atoms with Gasteiger partial charge in [0.25, 0.3) is 5.91 Å². The summed E-state index contributed by atoms with van der Waals surface area (Å²) in [4.78, 5) is 30.2. The largest absolute Gasteiger partial charge is 0.350 e. The highest BCUT2D eigenvalue weighted by Gasteiger charge is 2.49. The van der Waals surface area contributed by atoms with Crippen LogP contribution in [0.4, 0.5) is 0 Å². The van der Waals surface area contributed by atoms with Gasteiger partial charge >= 0.3 is 0 Å². The van der Waals surface area contributed by atoms with Crippen LogP contribution in [0, 0.1) is 11.8 Å². The molecule has 4 rings (SSSR count). The van der Waals surface area contributed by atoms with Crippen LogP contribution in [0.5, 0.6) is 0 Å². The molecule has 3 fully saturated rings. The molecule has 3 aliphatic heterocycles. The number of nitrogens with zero attached hydrogens (tertiary/aromatic N) is 2. The van der Waals surface area contributed by atoms with E-state index in [0.717, 1.165) is 32.5 Å². The molecule has 0 unspecified atom stereocenters. The number of benzene rings is 1. The minimum Gasteiger partial charge on any atom is -0.350 e. The van der Waals surface area contributed by atoms with E-state index in [9.17, 15) is 9.59 Å². The molecule has 3 heterocycles. The molecule has 0 aliphatic carbocycles. The molecule has 0 aromatic heterocycles. The Morgan fingerprint density at radius 2 is 1.93 bits per heavy atom. The first-order chi connectivity index (χ1) is 14.0. The van der Waals surface area contributed by atoms with Crippen LogP contribution in [-0.4, -0.2) is 59.9 Å². The molecule has 0 radical (unpaired) electrons. The van der Waals surface area contributed by atoms with Crippen molar-refractivity contribution in [2.45, 2.75) is 51.6 Å². The monoisotopic (exact) mass is 395 g/mol. The summed E-state index contributed by atoms with van der Waals surface area (Å²) in [6, 6.07) is 9.79. The lowest BCUT2D eigenvalue weighted by Gasteiger charge is -2.56. The highest BCUT2D eigenvalue weighted by atomic mass is 16.2. The predicted octanol–water partition coefficient (Wildman–Crippen LogP) is 3.08. The van der Waals surface area contributed by atoms with E-state index < -0.39 is 0 Å². The van der Waals surface area contributed by atoms with Gasteiger partial charge in [0.05, 0.1) is 6.04 Å². The van der Waals surface area contributed by atoms with Gasteiger partial charge in [-0.25, -0.2) is 0 Å². The standard InChI is InChI=1S/C24H33N3O2/c1-17(2)11-12-26-15-19-13-20(16-26)22(27-21(19)9-6-10-23(27)28)14-25-24(29)18-7-4-3-5-8-18/h3-5,7-8,11,19-22H,6,9-10,12-16H2,1-2H3,(H,25,29)/t19-,20+,21+,22+/m1/s1. The van der Waals surface area contributed by atoms with E-state index in [4.69, 9.17) is 0 Å². The van der Waals surface area contributed by atoms with E-state index in [1.165, 1.54) is 12.0 Å². The first-order valence-corrected chi connectivity index (χ1v) is 11.0. The molecule has 5 heteroatoms. The summed E-state index contributed by atoms with van der Waals surface area (Å²) in [6.45, 7) is 7.91. The summed E-state index contributed by atoms with van der Waals surface area (Å²) in [5.41, 5.74) is 2.03. The number of hydrogen-bond donors (Lipinski definition) is 1. The second-order valence-corrected chi connectivity index (χ2v) is 9.16. The van der Waals surface area contributed by atoms with E-state index in [-0.39, 0.29) is 17.9 Å². The zero-order valence-electron chi connectivity index (χ0n) is 17.6. The van der Waals surface area contributed by atoms with E-state index in [2.05, 4.69) is 35.0 Å². The number of piperidine rings is 3. The van der Waals surface area contributed by atoms with Crippen molar-refractivity contribution >= 4 is 11.8 Å². The summed E-state index contributed by atoms with van der Waals surface area (Å²) < 4.78 is 0. The molecule has 1 aromatic carbocycles. The van der Waals surface area contributed by atoms with Gasteiger partial charge in [0, 0.05) is 44.2 Å². The fraction of sp³-hybridized carbons (Fsp3) is 0.583. The molecule has 1 N–H and O–H groups in total. The van der Waals surface area contributed by atoms with E-state index in [0.29, 0.717) is 36.4 Å². The third-order valence-corrected chi connectivity index (χ3v) is 6.84. The smallest absolute Gasteiger partial charge is 0.251 e. The lowest BCUT2D eigenvalue weighted by atomic mass is 9.72. The lowest BCUT2D eigenvalue weighted by molar-refractivity contribution is -0.152. The predicted molar refractivity (Wildman–Crippen MR) is 115 cm³/mol. The number of carbonyl (C=O) groups is 2. The minimum absolute atomic E-state index is 0.0501. The second kappa shape index (κ2) is 8.70. The Morgan fingerprint density at radius 3 is 2.69 bits per heavy atom. The van der Waals surface area contributed by atoms with Gasteiger partial charge in [-0.15, -0.1) is 0 Å². The van der Waals surface area contributed by atoms with Gasteiger partial charge in [-0.3, -0.25) is 14.5 Å². The maximum Gasteiger partial charge on any atom is 0.251 e. The van der Waals surface area contributed by atoms with Gasteiger partial charge < -0.3 is 10.2 Å². The van der Waals surface area contributed by atoms with Gasteiger partial charge in [0.1, 0.15) is 0 Å². The van der Waals surface area contributed by atoms with Gasteiger partial charge in [-0.1, -0.05) is 29.8 Å². The quantitative estimate of drug-likeness (QED) is 0.780. The fourth-order valence-electron chi connectivity index (χ4n) is 5.48. The molecule has 2 bridgehead atoms. The SMILES string of the molecule is CC(C)=CCN1C[C@H]2C[C@@H](C1)[C@H](CNC(=O)c1ccccc1)N1C(=O)CCC[C@@H]21. The first kappa shape index (κ1) is 20.1. The second-order valence-electron chi connectivity index (χ2n) is 9.16. The molecule has 0 spiro atoms. The number of allylic oxidation sites excluding steroid dienone is 1. The molecular weight excluding hydrogens is 362 g/mol. The van der Waals surface area contributed by atoms with Crippen molar-refractivity contribution in [3.8, 4) is 0 Å². The molecule has 29 heavy (non-hydrogen) atoms. The Bertz CT molecular complexity index is 772. The molecule has 156 valence electrons. The lowest BCUT2D eigenvalue weighted by Crippen LogP contribution is -2.67. The van der Waals surface area contributed by atoms with Crippen molar-refractivity contribution < 1.29 is 9.59 Å². The molecule has 0 saturated carbocycles. The van der Waals surface area contributed by atoms with Crippen LogP contribution in [-0.2, 0) is 4.79 Å². The van der Waals surface area contributed by atoms with Gasteiger partial charge in [-0.05, 0) is 57.1 Å². The summed E-state index contributed by atoms with van der Waals surface area (Å²) in [7, 11) is 0. The third kappa shape index (κ3) is 4.40. The van der Waals surface area contributed by atoms with Gasteiger partial charge in [0.2, 0.25) is 5.91 Å². The van der Waals surface area contributed by atoms with Crippen molar-refractivity contribution in [2.24, 2.45) is 11.8 Å². The zero-order chi connectivity index (χ0) is 20.4. The zero-order valence-corrected chi connectivity index (χ0v) is 17.6. The van der Waals surface area contributed by atoms with Crippen LogP contribution >= 0.6 is 0 Å². The Kier molecular flexibility index (Phi) is 6.04. The number of hydrogen-bond acceptors (Lipinski definition) is 3. The Morgan fingerprint density at radius 1 is 1.17 bits per heavy atom. The number of likely N-dealkylation sites (tertiary alicyclic amines) is 1. The Labute approximate surface area is 174 Å². The van der Waals surface area contributed by atoms with Crippen LogP contribution in [0.1, 0.15) is 49.9 Å². The van der Waals surface area contributed by atoms with Crippen molar-refractivity contribution in [1.82, 2.24) is 15.1 Å². The van der Waals surface area contributed by atoms with Gasteiger partial charge in [-0.2, -0.15) is 0 Å². The minimum atomic E-state index is -0.0501. The molecule has 3 saturated heterocycles. The van der Waals surface area contributed by atoms with Gasteiger partial charge in [0.15, 0.2) is 0 Å². The number of nitrogens with one attached hydrogen (secondary N) is 1. The summed E-state index contributed by atoms with van der Waals surface area (Å²) >= 11 is 0. The van der Waals surface area contributed by atoms with E-state index in [1.54, 1.807) is 0 Å². The molecule has 4 atom stereocenters. The number of carbonyl (C=O) groups excluding carboxylic acids is 2. The van der Waals surface area contributed by atoms with Crippen LogP contribution in [0.3, 0.4) is 0 Å². The Balaban J connectivity index is 1.50. The molecular formula is C24H33N3O2. The molecule has 5 nitrogen and oxygen atoms in total. The molecule has 1 aromatic rings. The highest BCUT2D eigenvalue weighted by Crippen LogP contribution is 2.41. The number of rotatable bonds is 5. The average Bonchev–Trinajstić information content (AvgIpc) is 2.73. The van der Waals surface area contributed by atoms with Crippen LogP contribution in [0.25, 0.3) is 0 Å². The topological polar surface area (TPSA) is 52.7 Å². The highest BCUT2D eigenvalue weighted by molar-refractivity contribution is 5.94. The summed E-state index contributed by atoms with van der Waals surface area (Å²) in [6.07, 6.45) is 6.23. The van der Waals surface area contributed by atoms with Crippen molar-refractivity contribution in [1.29, 1.82) is 0 Å². The fourth-order valence-corrected chi connectivity index (χ4v) is 5.48. The van der Waals surface area contributed by atoms with Crippen molar-refractivity contribution in [2.75, 3.05) is 26.2 Å². The van der Waals surface area contributed by atoms with Crippen molar-refractivity contribution in [3.05, 3.63) is 47.5 Å². The Hall–Kier alpha value is -2.14. The maximum absolute atomic E-state index is 12.9. The first-order valence-electron chi connectivity index (χ1n) is 11.0. The summed E-state index contributed by atoms with van der Waals surface area (Å²) in [5, 5.41) is 3.13. The average molecular weight is 396 g/mol. The van der Waals surface area contributed by atoms with Crippen LogP contribution in [0.2, 0.25) is 0 Å². The van der Waals surface area contributed by atoms with E-state index >= 15 is 0 Å². The maximum atomic E-state index is 12.9. The summed E-state index contributed by atoms with van der Waals surface area (Å²) in [5.74, 6) is 1.22. The number of fused-ring (bicyclic) bond motifs is 4. The molecule has 3 aliphatic rings. The molecule has 2 amide bonds. The number of amides is 2. The third-order valence-electron chi connectivity index (χ3n) is 6.84.